The van der Waals surface area contributed by atoms with Gasteiger partial charge in [-0.15, -0.1) is 0 Å². The van der Waals surface area contributed by atoms with Crippen molar-refractivity contribution in [3.05, 3.63) is 65.2 Å². The van der Waals surface area contributed by atoms with Gasteiger partial charge < -0.3 is 25.2 Å². The molecule has 0 spiro atoms. The van der Waals surface area contributed by atoms with Crippen LogP contribution in [0, 0.1) is 19.8 Å². The number of rotatable bonds is 9. The minimum atomic E-state index is -0.677. The first-order valence-electron chi connectivity index (χ1n) is 11.6. The molecule has 3 rings (SSSR count). The Bertz CT molecular complexity index is 854. The molecule has 174 valence electrons. The molecule has 1 aliphatic rings. The van der Waals surface area contributed by atoms with Crippen molar-refractivity contribution in [1.82, 2.24) is 10.6 Å². The maximum atomic E-state index is 10.3. The average molecular weight is 440 g/mol. The zero-order valence-corrected chi connectivity index (χ0v) is 19.5. The summed E-state index contributed by atoms with van der Waals surface area (Å²) in [4.78, 5) is 4.56. The number of aryl methyl sites for hydroxylation is 2. The normalized spacial score (nSPS) is 19.9. The van der Waals surface area contributed by atoms with Gasteiger partial charge in [0.05, 0.1) is 12.6 Å². The quantitative estimate of drug-likeness (QED) is 0.410. The number of ether oxygens (including phenoxy) is 2. The molecule has 0 radical (unpaired) electrons. The highest BCUT2D eigenvalue weighted by molar-refractivity contribution is 5.79. The van der Waals surface area contributed by atoms with E-state index in [1.54, 1.807) is 0 Å². The first kappa shape index (κ1) is 24.1. The Balaban J connectivity index is 1.52. The molecule has 3 unspecified atom stereocenters. The number of aliphatic hydroxyl groups is 1. The van der Waals surface area contributed by atoms with Gasteiger partial charge in [-0.3, -0.25) is 4.99 Å². The summed E-state index contributed by atoms with van der Waals surface area (Å²) in [5.74, 6) is 1.83. The fraction of sp³-hybridized carbons (Fsp3) is 0.500. The molecule has 6 nitrogen and oxygen atoms in total. The molecule has 1 aliphatic heterocycles. The van der Waals surface area contributed by atoms with Crippen molar-refractivity contribution >= 4 is 5.96 Å². The minimum absolute atomic E-state index is 0.0908. The van der Waals surface area contributed by atoms with E-state index in [0.717, 1.165) is 43.9 Å². The third-order valence-electron chi connectivity index (χ3n) is 5.62. The summed E-state index contributed by atoms with van der Waals surface area (Å²) < 4.78 is 11.8. The second kappa shape index (κ2) is 12.5. The van der Waals surface area contributed by atoms with Crippen molar-refractivity contribution in [1.29, 1.82) is 0 Å². The van der Waals surface area contributed by atoms with Crippen LogP contribution in [0.2, 0.25) is 0 Å². The fourth-order valence-electron chi connectivity index (χ4n) is 3.89. The summed E-state index contributed by atoms with van der Waals surface area (Å²) in [6.07, 6.45) is 1.59. The van der Waals surface area contributed by atoms with Crippen LogP contribution < -0.4 is 15.4 Å². The van der Waals surface area contributed by atoms with Gasteiger partial charge in [0, 0.05) is 25.6 Å². The van der Waals surface area contributed by atoms with Crippen LogP contribution in [0.3, 0.4) is 0 Å². The molecule has 1 fully saturated rings. The highest BCUT2D eigenvalue weighted by Gasteiger charge is 2.27. The van der Waals surface area contributed by atoms with Crippen LogP contribution in [0.15, 0.2) is 53.5 Å². The van der Waals surface area contributed by atoms with Gasteiger partial charge in [0.15, 0.2) is 5.96 Å². The Morgan fingerprint density at radius 1 is 1.16 bits per heavy atom. The third-order valence-corrected chi connectivity index (χ3v) is 5.62. The zero-order chi connectivity index (χ0) is 22.8. The highest BCUT2D eigenvalue weighted by atomic mass is 16.5. The van der Waals surface area contributed by atoms with Crippen molar-refractivity contribution in [2.45, 2.75) is 45.8 Å². The van der Waals surface area contributed by atoms with Crippen molar-refractivity contribution < 1.29 is 14.6 Å². The lowest BCUT2D eigenvalue weighted by Gasteiger charge is -2.32. The number of aliphatic hydroxyl groups excluding tert-OH is 1. The molecule has 0 bridgehead atoms. The molecule has 0 saturated carbocycles. The van der Waals surface area contributed by atoms with Crippen LogP contribution >= 0.6 is 0 Å². The van der Waals surface area contributed by atoms with Gasteiger partial charge in [0.2, 0.25) is 0 Å². The van der Waals surface area contributed by atoms with Gasteiger partial charge in [-0.05, 0) is 56.9 Å². The molecule has 3 atom stereocenters. The lowest BCUT2D eigenvalue weighted by Crippen LogP contribution is -2.42. The fourth-order valence-corrected chi connectivity index (χ4v) is 3.89. The van der Waals surface area contributed by atoms with Crippen molar-refractivity contribution in [3.8, 4) is 5.75 Å². The van der Waals surface area contributed by atoms with E-state index in [4.69, 9.17) is 9.47 Å². The molecule has 2 aromatic carbocycles. The summed E-state index contributed by atoms with van der Waals surface area (Å²) >= 11 is 0. The largest absolute Gasteiger partial charge is 0.491 e. The number of benzene rings is 2. The topological polar surface area (TPSA) is 75.1 Å². The second-order valence-electron chi connectivity index (χ2n) is 8.49. The molecule has 32 heavy (non-hydrogen) atoms. The van der Waals surface area contributed by atoms with Gasteiger partial charge >= 0.3 is 0 Å². The van der Waals surface area contributed by atoms with Gasteiger partial charge in [0.1, 0.15) is 18.5 Å². The van der Waals surface area contributed by atoms with Crippen LogP contribution in [-0.4, -0.2) is 50.0 Å². The highest BCUT2D eigenvalue weighted by Crippen LogP contribution is 2.33. The van der Waals surface area contributed by atoms with Crippen LogP contribution in [-0.2, 0) is 4.74 Å². The molecular formula is C26H37N3O3. The molecular weight excluding hydrogens is 402 g/mol. The number of nitrogens with one attached hydrogen (secondary N) is 2. The Kier molecular flexibility index (Phi) is 9.38. The van der Waals surface area contributed by atoms with E-state index < -0.39 is 6.10 Å². The number of hydrogen-bond acceptors (Lipinski definition) is 4. The number of aliphatic imine (C=N–C) groups is 1. The summed E-state index contributed by atoms with van der Waals surface area (Å²) in [7, 11) is 0. The van der Waals surface area contributed by atoms with Gasteiger partial charge in [-0.25, -0.2) is 0 Å². The van der Waals surface area contributed by atoms with Gasteiger partial charge in [0.25, 0.3) is 0 Å². The maximum Gasteiger partial charge on any atom is 0.191 e. The van der Waals surface area contributed by atoms with Crippen molar-refractivity contribution in [3.63, 3.8) is 0 Å². The predicted octanol–water partition coefficient (Wildman–Crippen LogP) is 3.77. The summed E-state index contributed by atoms with van der Waals surface area (Å²) in [5.41, 5.74) is 3.61. The molecule has 3 N–H and O–H groups in total. The summed E-state index contributed by atoms with van der Waals surface area (Å²) in [6.45, 7) is 8.95. The lowest BCUT2D eigenvalue weighted by molar-refractivity contribution is -0.0265. The van der Waals surface area contributed by atoms with Crippen molar-refractivity contribution in [2.24, 2.45) is 10.9 Å². The monoisotopic (exact) mass is 439 g/mol. The van der Waals surface area contributed by atoms with E-state index in [1.807, 2.05) is 38.1 Å². The van der Waals surface area contributed by atoms with Crippen LogP contribution in [0.1, 0.15) is 42.6 Å². The van der Waals surface area contributed by atoms with Crippen LogP contribution in [0.4, 0.5) is 0 Å². The van der Waals surface area contributed by atoms with E-state index in [2.05, 4.69) is 46.8 Å². The Morgan fingerprint density at radius 3 is 2.72 bits per heavy atom. The molecule has 1 heterocycles. The summed E-state index contributed by atoms with van der Waals surface area (Å²) in [6, 6.07) is 16.4. The molecule has 0 aromatic heterocycles. The number of hydrogen-bond donors (Lipinski definition) is 3. The van der Waals surface area contributed by atoms with E-state index in [0.29, 0.717) is 11.9 Å². The molecule has 6 heteroatoms. The van der Waals surface area contributed by atoms with Gasteiger partial charge in [-0.2, -0.15) is 0 Å². The Morgan fingerprint density at radius 2 is 1.97 bits per heavy atom. The lowest BCUT2D eigenvalue weighted by atomic mass is 9.89. The van der Waals surface area contributed by atoms with E-state index in [-0.39, 0.29) is 19.3 Å². The van der Waals surface area contributed by atoms with E-state index >= 15 is 0 Å². The minimum Gasteiger partial charge on any atom is -0.491 e. The predicted molar refractivity (Wildman–Crippen MR) is 129 cm³/mol. The van der Waals surface area contributed by atoms with Crippen molar-refractivity contribution in [2.75, 3.05) is 32.8 Å². The van der Waals surface area contributed by atoms with E-state index in [9.17, 15) is 5.11 Å². The summed E-state index contributed by atoms with van der Waals surface area (Å²) in [5, 5.41) is 17.0. The smallest absolute Gasteiger partial charge is 0.191 e. The number of guanidine groups is 1. The van der Waals surface area contributed by atoms with E-state index in [1.165, 1.54) is 11.1 Å². The molecule has 0 amide bonds. The standard InChI is InChI=1S/C26H37N3O3/c1-4-27-26(29-17-23(30)18-32-24-9-5-7-20(3)15-24)28-16-22-8-6-14-31-25(22)21-12-10-19(2)11-13-21/h5,7,9-13,15,22-23,25,30H,4,6,8,14,16-18H2,1-3H3,(H2,27,28,29). The SMILES string of the molecule is CCNC(=NCC(O)COc1cccc(C)c1)NCC1CCCOC1c1ccc(C)cc1. The zero-order valence-electron chi connectivity index (χ0n) is 19.5. The second-order valence-corrected chi connectivity index (χ2v) is 8.49. The molecule has 1 saturated heterocycles. The maximum absolute atomic E-state index is 10.3. The average Bonchev–Trinajstić information content (AvgIpc) is 2.80. The molecule has 0 aliphatic carbocycles. The molecule has 2 aromatic rings. The number of nitrogens with zero attached hydrogens (tertiary/aromatic N) is 1. The van der Waals surface area contributed by atoms with Gasteiger partial charge in [-0.1, -0.05) is 42.0 Å². The van der Waals surface area contributed by atoms with Crippen LogP contribution in [0.25, 0.3) is 0 Å². The third kappa shape index (κ3) is 7.53. The van der Waals surface area contributed by atoms with Crippen LogP contribution in [0.5, 0.6) is 5.75 Å². The Labute approximate surface area is 192 Å². The first-order valence-corrected chi connectivity index (χ1v) is 11.6. The first-order chi connectivity index (χ1) is 15.5. The Hall–Kier alpha value is -2.57.